The van der Waals surface area contributed by atoms with Gasteiger partial charge in [-0.25, -0.2) is 6.57 Å². The Morgan fingerprint density at radius 1 is 1.50 bits per heavy atom. The van der Waals surface area contributed by atoms with Crippen LogP contribution in [0.1, 0.15) is 27.2 Å². The van der Waals surface area contributed by atoms with Crippen LogP contribution in [-0.4, -0.2) is 6.04 Å². The highest BCUT2D eigenvalue weighted by Crippen LogP contribution is 2.32. The van der Waals surface area contributed by atoms with E-state index in [1.807, 2.05) is 13.8 Å². The summed E-state index contributed by atoms with van der Waals surface area (Å²) in [6.07, 6.45) is 1.14. The standard InChI is InChI=1S/C5H7N.C2H6/c1-4-3-5(4)6-2;1-2/h4-5H,3H2,1H3;1-2H3/t4-,5-;/m0./s1. The molecular weight excluding hydrogens is 98.1 g/mol. The Labute approximate surface area is 51.5 Å². The molecule has 1 fully saturated rings. The highest BCUT2D eigenvalue weighted by atomic mass is 14.8. The van der Waals surface area contributed by atoms with Crippen molar-refractivity contribution in [3.05, 3.63) is 11.4 Å². The van der Waals surface area contributed by atoms with E-state index >= 15 is 0 Å². The van der Waals surface area contributed by atoms with E-state index in [4.69, 9.17) is 6.57 Å². The average Bonchev–Trinajstić information content (AvgIpc) is 2.52. The van der Waals surface area contributed by atoms with Crippen LogP contribution in [0.15, 0.2) is 0 Å². The third-order valence-corrected chi connectivity index (χ3v) is 1.23. The lowest BCUT2D eigenvalue weighted by molar-refractivity contribution is 0.958. The van der Waals surface area contributed by atoms with E-state index in [2.05, 4.69) is 11.8 Å². The summed E-state index contributed by atoms with van der Waals surface area (Å²) < 4.78 is 0. The van der Waals surface area contributed by atoms with Crippen LogP contribution in [0.4, 0.5) is 0 Å². The predicted octanol–water partition coefficient (Wildman–Crippen LogP) is 2.34. The Bertz CT molecular complexity index is 91.1. The van der Waals surface area contributed by atoms with Crippen molar-refractivity contribution in [3.63, 3.8) is 0 Å². The first kappa shape index (κ1) is 7.49. The van der Waals surface area contributed by atoms with Crippen molar-refractivity contribution < 1.29 is 0 Å². The molecule has 46 valence electrons. The van der Waals surface area contributed by atoms with E-state index in [1.54, 1.807) is 0 Å². The molecule has 1 nitrogen and oxygen atoms in total. The minimum atomic E-state index is 0.394. The normalized spacial score (nSPS) is 31.8. The van der Waals surface area contributed by atoms with Crippen LogP contribution in [0.3, 0.4) is 0 Å². The maximum absolute atomic E-state index is 6.48. The summed E-state index contributed by atoms with van der Waals surface area (Å²) in [6.45, 7) is 12.6. The zero-order valence-electron chi connectivity index (χ0n) is 5.81. The lowest BCUT2D eigenvalue weighted by Gasteiger charge is -1.64. The topological polar surface area (TPSA) is 4.36 Å². The van der Waals surface area contributed by atoms with Gasteiger partial charge in [0.25, 0.3) is 0 Å². The van der Waals surface area contributed by atoms with Crippen LogP contribution in [0.5, 0.6) is 0 Å². The molecule has 0 amide bonds. The molecule has 1 saturated carbocycles. The van der Waals surface area contributed by atoms with Crippen molar-refractivity contribution in [3.8, 4) is 0 Å². The van der Waals surface area contributed by atoms with Crippen molar-refractivity contribution in [1.82, 2.24) is 0 Å². The molecule has 1 aliphatic rings. The molecule has 0 N–H and O–H groups in total. The summed E-state index contributed by atoms with van der Waals surface area (Å²) >= 11 is 0. The summed E-state index contributed by atoms with van der Waals surface area (Å²) in [7, 11) is 0. The average molecular weight is 111 g/mol. The van der Waals surface area contributed by atoms with Gasteiger partial charge in [0.05, 0.1) is 0 Å². The summed E-state index contributed by atoms with van der Waals surface area (Å²) in [6, 6.07) is 0.394. The zero-order valence-corrected chi connectivity index (χ0v) is 5.81. The number of hydrogen-bond acceptors (Lipinski definition) is 0. The second-order valence-corrected chi connectivity index (χ2v) is 1.91. The molecule has 1 rings (SSSR count). The van der Waals surface area contributed by atoms with E-state index in [1.165, 1.54) is 0 Å². The van der Waals surface area contributed by atoms with Gasteiger partial charge in [0.15, 0.2) is 0 Å². The van der Waals surface area contributed by atoms with E-state index in [9.17, 15) is 0 Å². The molecule has 0 saturated heterocycles. The van der Waals surface area contributed by atoms with Gasteiger partial charge >= 0.3 is 0 Å². The summed E-state index contributed by atoms with van der Waals surface area (Å²) in [5.41, 5.74) is 0. The van der Waals surface area contributed by atoms with Crippen LogP contribution in [-0.2, 0) is 0 Å². The highest BCUT2D eigenvalue weighted by Gasteiger charge is 2.39. The molecule has 0 aromatic carbocycles. The van der Waals surface area contributed by atoms with Gasteiger partial charge in [-0.1, -0.05) is 20.8 Å². The number of hydrogen-bond donors (Lipinski definition) is 0. The first-order valence-corrected chi connectivity index (χ1v) is 3.21. The minimum absolute atomic E-state index is 0.394. The van der Waals surface area contributed by atoms with Crippen molar-refractivity contribution >= 4 is 0 Å². The molecule has 0 spiro atoms. The lowest BCUT2D eigenvalue weighted by Crippen LogP contribution is -1.67. The van der Waals surface area contributed by atoms with E-state index in [0.29, 0.717) is 12.0 Å². The van der Waals surface area contributed by atoms with Gasteiger partial charge in [0.2, 0.25) is 6.04 Å². The molecule has 2 atom stereocenters. The molecular formula is C7H13N. The van der Waals surface area contributed by atoms with Gasteiger partial charge in [-0.15, -0.1) is 0 Å². The fourth-order valence-corrected chi connectivity index (χ4v) is 0.482. The third kappa shape index (κ3) is 1.97. The van der Waals surface area contributed by atoms with Gasteiger partial charge in [-0.3, -0.25) is 0 Å². The van der Waals surface area contributed by atoms with Gasteiger partial charge in [-0.2, -0.15) is 0 Å². The molecule has 0 heterocycles. The molecule has 0 unspecified atom stereocenters. The quantitative estimate of drug-likeness (QED) is 0.422. The Morgan fingerprint density at radius 3 is 1.88 bits per heavy atom. The van der Waals surface area contributed by atoms with Gasteiger partial charge in [0.1, 0.15) is 0 Å². The highest BCUT2D eigenvalue weighted by molar-refractivity contribution is 4.98. The molecule has 0 aromatic heterocycles. The van der Waals surface area contributed by atoms with Gasteiger partial charge in [-0.05, 0) is 0 Å². The summed E-state index contributed by atoms with van der Waals surface area (Å²) in [5, 5.41) is 0. The van der Waals surface area contributed by atoms with Crippen molar-refractivity contribution in [2.24, 2.45) is 5.92 Å². The fraction of sp³-hybridized carbons (Fsp3) is 0.857. The summed E-state index contributed by atoms with van der Waals surface area (Å²) in [5.74, 6) is 0.711. The monoisotopic (exact) mass is 111 g/mol. The maximum Gasteiger partial charge on any atom is 0.227 e. The van der Waals surface area contributed by atoms with Gasteiger partial charge < -0.3 is 4.85 Å². The molecule has 1 aliphatic carbocycles. The fourth-order valence-electron chi connectivity index (χ4n) is 0.482. The summed E-state index contributed by atoms with van der Waals surface area (Å²) in [4.78, 5) is 3.33. The predicted molar refractivity (Wildman–Crippen MR) is 35.5 cm³/mol. The lowest BCUT2D eigenvalue weighted by atomic mass is 10.5. The SMILES string of the molecule is CC.[C-]#[N+][C@H]1C[C@@H]1C. The second-order valence-electron chi connectivity index (χ2n) is 1.91. The smallest absolute Gasteiger partial charge is 0.227 e. The minimum Gasteiger partial charge on any atom is -0.313 e. The largest absolute Gasteiger partial charge is 0.313 e. The number of rotatable bonds is 0. The van der Waals surface area contributed by atoms with Crippen molar-refractivity contribution in [2.75, 3.05) is 0 Å². The molecule has 0 aliphatic heterocycles. The van der Waals surface area contributed by atoms with Crippen LogP contribution in [0.25, 0.3) is 4.85 Å². The molecule has 8 heavy (non-hydrogen) atoms. The third-order valence-electron chi connectivity index (χ3n) is 1.23. The Balaban J connectivity index is 0.000000222. The van der Waals surface area contributed by atoms with Crippen molar-refractivity contribution in [2.45, 2.75) is 33.2 Å². The molecule has 0 bridgehead atoms. The Morgan fingerprint density at radius 2 is 1.88 bits per heavy atom. The molecule has 0 aromatic rings. The van der Waals surface area contributed by atoms with Crippen molar-refractivity contribution in [1.29, 1.82) is 0 Å². The Kier molecular flexibility index (Phi) is 3.26. The Hall–Kier alpha value is -0.510. The van der Waals surface area contributed by atoms with Crippen LogP contribution in [0.2, 0.25) is 0 Å². The maximum atomic E-state index is 6.48. The van der Waals surface area contributed by atoms with E-state index in [-0.39, 0.29) is 0 Å². The first-order chi connectivity index (χ1) is 3.84. The van der Waals surface area contributed by atoms with E-state index < -0.39 is 0 Å². The van der Waals surface area contributed by atoms with E-state index in [0.717, 1.165) is 6.42 Å². The van der Waals surface area contributed by atoms with Gasteiger partial charge in [0, 0.05) is 12.3 Å². The zero-order chi connectivity index (χ0) is 6.57. The second kappa shape index (κ2) is 3.49. The molecule has 0 radical (unpaired) electrons. The number of nitrogens with zero attached hydrogens (tertiary/aromatic N) is 1. The molecule has 1 heteroatoms. The van der Waals surface area contributed by atoms with Crippen LogP contribution >= 0.6 is 0 Å². The van der Waals surface area contributed by atoms with Crippen LogP contribution < -0.4 is 0 Å². The first-order valence-electron chi connectivity index (χ1n) is 3.21. The van der Waals surface area contributed by atoms with Crippen LogP contribution in [0, 0.1) is 12.5 Å².